The number of ether oxygens (including phenoxy) is 1. The van der Waals surface area contributed by atoms with E-state index in [0.717, 1.165) is 54.8 Å². The van der Waals surface area contributed by atoms with Crippen LogP contribution in [0, 0.1) is 0 Å². The molecule has 28 heavy (non-hydrogen) atoms. The van der Waals surface area contributed by atoms with E-state index in [1.54, 1.807) is 14.2 Å². The number of piperazine rings is 1. The Labute approximate surface area is 167 Å². The van der Waals surface area contributed by atoms with Crippen LogP contribution >= 0.6 is 0 Å². The van der Waals surface area contributed by atoms with Crippen molar-refractivity contribution < 1.29 is 4.74 Å². The number of aliphatic imine (C=N–C) groups is 1. The van der Waals surface area contributed by atoms with Crippen molar-refractivity contribution in [2.75, 3.05) is 52.3 Å². The predicted octanol–water partition coefficient (Wildman–Crippen LogP) is 1.71. The van der Waals surface area contributed by atoms with Crippen molar-refractivity contribution in [3.63, 3.8) is 0 Å². The first-order valence-electron chi connectivity index (χ1n) is 9.64. The van der Waals surface area contributed by atoms with Crippen LogP contribution < -0.4 is 20.3 Å². The molecule has 0 unspecified atom stereocenters. The largest absolute Gasteiger partial charge is 0.497 e. The van der Waals surface area contributed by atoms with Crippen molar-refractivity contribution in [2.24, 2.45) is 4.99 Å². The monoisotopic (exact) mass is 382 g/mol. The summed E-state index contributed by atoms with van der Waals surface area (Å²) in [5, 5.41) is 6.66. The van der Waals surface area contributed by atoms with Crippen molar-refractivity contribution in [3.05, 3.63) is 53.7 Å². The maximum atomic E-state index is 5.27. The molecule has 3 rings (SSSR count). The third-order valence-corrected chi connectivity index (χ3v) is 4.91. The quantitative estimate of drug-likeness (QED) is 0.586. The Bertz CT molecular complexity index is 769. The lowest BCUT2D eigenvalue weighted by molar-refractivity contribution is 0.312. The van der Waals surface area contributed by atoms with Crippen molar-refractivity contribution in [1.29, 1.82) is 0 Å². The van der Waals surface area contributed by atoms with E-state index in [0.29, 0.717) is 13.1 Å². The standard InChI is InChI=1S/C21H30N6O/c1-22-21(24-14-17-5-4-6-19(13-17)28-3)25-16-18-7-8-20(23-15-18)27-11-9-26(2)10-12-27/h4-8,13,15H,9-12,14,16H2,1-3H3,(H2,22,24,25). The summed E-state index contributed by atoms with van der Waals surface area (Å²) in [5.74, 6) is 2.66. The van der Waals surface area contributed by atoms with Crippen LogP contribution in [0.4, 0.5) is 5.82 Å². The average Bonchev–Trinajstić information content (AvgIpc) is 2.75. The summed E-state index contributed by atoms with van der Waals surface area (Å²) in [6.45, 7) is 5.58. The molecule has 1 aromatic heterocycles. The molecule has 0 saturated carbocycles. The van der Waals surface area contributed by atoms with Crippen LogP contribution in [-0.2, 0) is 13.1 Å². The van der Waals surface area contributed by atoms with Crippen LogP contribution in [0.5, 0.6) is 5.75 Å². The average molecular weight is 383 g/mol. The van der Waals surface area contributed by atoms with E-state index in [1.165, 1.54) is 0 Å². The summed E-state index contributed by atoms with van der Waals surface area (Å²) < 4.78 is 5.27. The molecule has 1 aromatic carbocycles. The first kappa shape index (κ1) is 19.9. The van der Waals surface area contributed by atoms with Crippen LogP contribution in [0.2, 0.25) is 0 Å². The van der Waals surface area contributed by atoms with Crippen molar-refractivity contribution in [3.8, 4) is 5.75 Å². The number of aromatic nitrogens is 1. The van der Waals surface area contributed by atoms with Gasteiger partial charge in [-0.15, -0.1) is 0 Å². The summed E-state index contributed by atoms with van der Waals surface area (Å²) in [5.41, 5.74) is 2.27. The summed E-state index contributed by atoms with van der Waals surface area (Å²) in [6, 6.07) is 12.2. The highest BCUT2D eigenvalue weighted by molar-refractivity contribution is 5.79. The van der Waals surface area contributed by atoms with E-state index in [2.05, 4.69) is 55.7 Å². The summed E-state index contributed by atoms with van der Waals surface area (Å²) >= 11 is 0. The zero-order valence-corrected chi connectivity index (χ0v) is 17.0. The third-order valence-electron chi connectivity index (χ3n) is 4.91. The second kappa shape index (κ2) is 9.94. The smallest absolute Gasteiger partial charge is 0.191 e. The van der Waals surface area contributed by atoms with Gasteiger partial charge in [-0.1, -0.05) is 18.2 Å². The minimum Gasteiger partial charge on any atom is -0.497 e. The molecule has 0 spiro atoms. The third kappa shape index (κ3) is 5.60. The maximum Gasteiger partial charge on any atom is 0.191 e. The maximum absolute atomic E-state index is 5.27. The van der Waals surface area contributed by atoms with Gasteiger partial charge >= 0.3 is 0 Å². The number of likely N-dealkylation sites (N-methyl/N-ethyl adjacent to an activating group) is 1. The molecular weight excluding hydrogens is 352 g/mol. The fourth-order valence-corrected chi connectivity index (χ4v) is 3.12. The lowest BCUT2D eigenvalue weighted by Gasteiger charge is -2.33. The fraction of sp³-hybridized carbons (Fsp3) is 0.429. The Hall–Kier alpha value is -2.80. The Morgan fingerprint density at radius 1 is 1.07 bits per heavy atom. The molecule has 2 aromatic rings. The van der Waals surface area contributed by atoms with Crippen molar-refractivity contribution in [2.45, 2.75) is 13.1 Å². The van der Waals surface area contributed by atoms with Gasteiger partial charge < -0.3 is 25.2 Å². The number of hydrogen-bond donors (Lipinski definition) is 2. The highest BCUT2D eigenvalue weighted by Gasteiger charge is 2.14. The Balaban J connectivity index is 1.48. The second-order valence-electron chi connectivity index (χ2n) is 6.95. The van der Waals surface area contributed by atoms with Crippen LogP contribution in [0.3, 0.4) is 0 Å². The van der Waals surface area contributed by atoms with E-state index in [1.807, 2.05) is 24.4 Å². The van der Waals surface area contributed by atoms with Gasteiger partial charge in [0.25, 0.3) is 0 Å². The zero-order valence-electron chi connectivity index (χ0n) is 17.0. The van der Waals surface area contributed by atoms with E-state index >= 15 is 0 Å². The minimum atomic E-state index is 0.674. The lowest BCUT2D eigenvalue weighted by Crippen LogP contribution is -2.44. The summed E-state index contributed by atoms with van der Waals surface area (Å²) in [4.78, 5) is 13.6. The van der Waals surface area contributed by atoms with E-state index < -0.39 is 0 Å². The van der Waals surface area contributed by atoms with Crippen molar-refractivity contribution in [1.82, 2.24) is 20.5 Å². The highest BCUT2D eigenvalue weighted by atomic mass is 16.5. The molecule has 0 bridgehead atoms. The van der Waals surface area contributed by atoms with Crippen LogP contribution in [0.25, 0.3) is 0 Å². The van der Waals surface area contributed by atoms with Gasteiger partial charge in [0.1, 0.15) is 11.6 Å². The first-order valence-corrected chi connectivity index (χ1v) is 9.64. The van der Waals surface area contributed by atoms with Gasteiger partial charge in [0.15, 0.2) is 5.96 Å². The summed E-state index contributed by atoms with van der Waals surface area (Å²) in [7, 11) is 5.61. The van der Waals surface area contributed by atoms with Crippen LogP contribution in [-0.4, -0.2) is 63.2 Å². The molecule has 2 N–H and O–H groups in total. The van der Waals surface area contributed by atoms with E-state index in [4.69, 9.17) is 4.74 Å². The van der Waals surface area contributed by atoms with Crippen LogP contribution in [0.15, 0.2) is 47.6 Å². The van der Waals surface area contributed by atoms with Gasteiger partial charge in [-0.3, -0.25) is 4.99 Å². The molecule has 1 aliphatic heterocycles. The number of pyridine rings is 1. The molecule has 7 nitrogen and oxygen atoms in total. The van der Waals surface area contributed by atoms with Gasteiger partial charge in [0.05, 0.1) is 7.11 Å². The van der Waals surface area contributed by atoms with Crippen LogP contribution in [0.1, 0.15) is 11.1 Å². The molecule has 0 aliphatic carbocycles. The van der Waals surface area contributed by atoms with Gasteiger partial charge in [-0.25, -0.2) is 4.98 Å². The first-order chi connectivity index (χ1) is 13.7. The number of rotatable bonds is 6. The molecule has 0 radical (unpaired) electrons. The van der Waals surface area contributed by atoms with Gasteiger partial charge in [-0.05, 0) is 36.4 Å². The van der Waals surface area contributed by atoms with E-state index in [9.17, 15) is 0 Å². The molecule has 0 atom stereocenters. The Morgan fingerprint density at radius 3 is 2.46 bits per heavy atom. The zero-order chi connectivity index (χ0) is 19.8. The molecule has 1 fully saturated rings. The molecule has 2 heterocycles. The molecule has 0 amide bonds. The molecule has 150 valence electrons. The molecule has 7 heteroatoms. The molecule has 1 aliphatic rings. The lowest BCUT2D eigenvalue weighted by atomic mass is 10.2. The van der Waals surface area contributed by atoms with E-state index in [-0.39, 0.29) is 0 Å². The SMILES string of the molecule is CN=C(NCc1ccc(N2CCN(C)CC2)nc1)NCc1cccc(OC)c1. The number of benzene rings is 1. The Morgan fingerprint density at radius 2 is 1.82 bits per heavy atom. The number of nitrogens with one attached hydrogen (secondary N) is 2. The van der Waals surface area contributed by atoms with Crippen molar-refractivity contribution >= 4 is 11.8 Å². The topological polar surface area (TPSA) is 65.0 Å². The fourth-order valence-electron chi connectivity index (χ4n) is 3.12. The van der Waals surface area contributed by atoms with Gasteiger partial charge in [-0.2, -0.15) is 0 Å². The van der Waals surface area contributed by atoms with Gasteiger partial charge in [0, 0.05) is 52.5 Å². The Kier molecular flexibility index (Phi) is 7.08. The number of anilines is 1. The van der Waals surface area contributed by atoms with Gasteiger partial charge in [0.2, 0.25) is 0 Å². The number of methoxy groups -OCH3 is 1. The minimum absolute atomic E-state index is 0.674. The number of guanidine groups is 1. The molecule has 1 saturated heterocycles. The second-order valence-corrected chi connectivity index (χ2v) is 6.95. The number of nitrogens with zero attached hydrogens (tertiary/aromatic N) is 4. The normalized spacial score (nSPS) is 15.4. The highest BCUT2D eigenvalue weighted by Crippen LogP contribution is 2.14. The molecular formula is C21H30N6O. The summed E-state index contributed by atoms with van der Waals surface area (Å²) in [6.07, 6.45) is 1.94. The number of hydrogen-bond acceptors (Lipinski definition) is 5. The predicted molar refractivity (Wildman–Crippen MR) is 114 cm³/mol.